The Kier molecular flexibility index (Phi) is 6.06. The predicted molar refractivity (Wildman–Crippen MR) is 103 cm³/mol. The molecule has 132 valence electrons. The number of hydrogen-bond acceptors (Lipinski definition) is 2. The zero-order chi connectivity index (χ0) is 17.0. The van der Waals surface area contributed by atoms with Gasteiger partial charge in [0, 0.05) is 47.7 Å². The fourth-order valence-corrected chi connectivity index (χ4v) is 4.17. The van der Waals surface area contributed by atoms with Gasteiger partial charge < -0.3 is 15.0 Å². The zero-order valence-electron chi connectivity index (χ0n) is 14.2. The third-order valence-electron chi connectivity index (χ3n) is 4.91. The minimum Gasteiger partial charge on any atom is -0.381 e. The van der Waals surface area contributed by atoms with E-state index in [0.717, 1.165) is 61.3 Å². The number of guanidine groups is 1. The molecule has 3 rings (SSSR count). The van der Waals surface area contributed by atoms with E-state index in [2.05, 4.69) is 33.1 Å². The Morgan fingerprint density at radius 1 is 1.46 bits per heavy atom. The Morgan fingerprint density at radius 2 is 2.33 bits per heavy atom. The molecule has 0 radical (unpaired) electrons. The van der Waals surface area contributed by atoms with Crippen molar-refractivity contribution in [3.8, 4) is 0 Å². The first kappa shape index (κ1) is 18.0. The highest BCUT2D eigenvalue weighted by Crippen LogP contribution is 2.38. The lowest BCUT2D eigenvalue weighted by atomic mass is 9.87. The molecule has 6 heteroatoms. The largest absolute Gasteiger partial charge is 0.381 e. The van der Waals surface area contributed by atoms with Crippen LogP contribution in [-0.2, 0) is 11.2 Å². The molecule has 0 aliphatic carbocycles. The van der Waals surface area contributed by atoms with E-state index < -0.39 is 0 Å². The van der Waals surface area contributed by atoms with Gasteiger partial charge in [0.05, 0.1) is 6.61 Å². The summed E-state index contributed by atoms with van der Waals surface area (Å²) in [6.45, 7) is 7.69. The highest BCUT2D eigenvalue weighted by Gasteiger charge is 2.42. The molecule has 24 heavy (non-hydrogen) atoms. The maximum absolute atomic E-state index is 6.09. The quantitative estimate of drug-likeness (QED) is 0.602. The van der Waals surface area contributed by atoms with E-state index in [1.54, 1.807) is 0 Å². The summed E-state index contributed by atoms with van der Waals surface area (Å²) >= 11 is 9.68. The first-order valence-corrected chi connectivity index (χ1v) is 9.84. The molecule has 2 aliphatic heterocycles. The number of rotatable bonds is 4. The summed E-state index contributed by atoms with van der Waals surface area (Å²) in [5.74, 6) is 1.03. The van der Waals surface area contributed by atoms with Gasteiger partial charge in [0.15, 0.2) is 5.96 Å². The molecule has 1 aromatic rings. The van der Waals surface area contributed by atoms with E-state index in [9.17, 15) is 0 Å². The summed E-state index contributed by atoms with van der Waals surface area (Å²) in [5, 5.41) is 4.21. The van der Waals surface area contributed by atoms with Crippen LogP contribution in [0.2, 0.25) is 5.02 Å². The second-order valence-corrected chi connectivity index (χ2v) is 7.99. The lowest BCUT2D eigenvalue weighted by Gasteiger charge is -2.25. The molecule has 1 unspecified atom stereocenters. The molecular weight excluding hydrogens is 390 g/mol. The van der Waals surface area contributed by atoms with Crippen molar-refractivity contribution in [3.63, 3.8) is 0 Å². The predicted octanol–water partition coefficient (Wildman–Crippen LogP) is 3.72. The average molecular weight is 415 g/mol. The van der Waals surface area contributed by atoms with Crippen LogP contribution in [0.5, 0.6) is 0 Å². The Labute approximate surface area is 157 Å². The topological polar surface area (TPSA) is 36.9 Å². The van der Waals surface area contributed by atoms with Crippen molar-refractivity contribution in [3.05, 3.63) is 33.3 Å². The van der Waals surface area contributed by atoms with E-state index in [-0.39, 0.29) is 0 Å². The van der Waals surface area contributed by atoms with Crippen LogP contribution in [0.15, 0.2) is 27.7 Å². The maximum atomic E-state index is 6.09. The molecule has 1 atom stereocenters. The minimum atomic E-state index is 0.353. The van der Waals surface area contributed by atoms with Crippen molar-refractivity contribution >= 4 is 33.5 Å². The monoisotopic (exact) mass is 413 g/mol. The van der Waals surface area contributed by atoms with Gasteiger partial charge in [0.1, 0.15) is 0 Å². The summed E-state index contributed by atoms with van der Waals surface area (Å²) < 4.78 is 6.72. The second kappa shape index (κ2) is 8.07. The average Bonchev–Trinajstić information content (AvgIpc) is 3.20. The van der Waals surface area contributed by atoms with Crippen molar-refractivity contribution in [1.82, 2.24) is 10.2 Å². The molecule has 2 heterocycles. The number of nitrogens with zero attached hydrogens (tertiary/aromatic N) is 2. The zero-order valence-corrected chi connectivity index (χ0v) is 16.5. The molecule has 1 spiro atoms. The van der Waals surface area contributed by atoms with E-state index in [1.165, 1.54) is 18.4 Å². The van der Waals surface area contributed by atoms with Crippen LogP contribution in [0.25, 0.3) is 0 Å². The molecule has 0 aromatic heterocycles. The number of nitrogens with one attached hydrogen (secondary N) is 1. The summed E-state index contributed by atoms with van der Waals surface area (Å²) in [5.41, 5.74) is 1.55. The SMILES string of the molecule is CCNC(=NCCc1cc(Cl)ccc1Br)N1CCC2(CCOC2)C1. The van der Waals surface area contributed by atoms with E-state index in [4.69, 9.17) is 21.3 Å². The number of ether oxygens (including phenoxy) is 1. The minimum absolute atomic E-state index is 0.353. The summed E-state index contributed by atoms with van der Waals surface area (Å²) in [6, 6.07) is 5.90. The normalized spacial score (nSPS) is 24.1. The van der Waals surface area contributed by atoms with Crippen molar-refractivity contribution < 1.29 is 4.74 Å². The van der Waals surface area contributed by atoms with Crippen molar-refractivity contribution in [2.45, 2.75) is 26.2 Å². The van der Waals surface area contributed by atoms with Crippen molar-refractivity contribution in [1.29, 1.82) is 0 Å². The third-order valence-corrected chi connectivity index (χ3v) is 5.92. The van der Waals surface area contributed by atoms with Gasteiger partial charge in [-0.25, -0.2) is 0 Å². The molecule has 0 saturated carbocycles. The Morgan fingerprint density at radius 3 is 3.08 bits per heavy atom. The van der Waals surface area contributed by atoms with Gasteiger partial charge in [-0.1, -0.05) is 27.5 Å². The van der Waals surface area contributed by atoms with Gasteiger partial charge >= 0.3 is 0 Å². The van der Waals surface area contributed by atoms with Gasteiger partial charge in [-0.2, -0.15) is 0 Å². The fourth-order valence-electron chi connectivity index (χ4n) is 3.53. The lowest BCUT2D eigenvalue weighted by molar-refractivity contribution is 0.156. The standard InChI is InChI=1S/C18H25BrClN3O/c1-2-21-17(23-9-6-18(12-23)7-10-24-13-18)22-8-5-14-11-15(20)3-4-16(14)19/h3-4,11H,2,5-10,12-13H2,1H3,(H,21,22). The lowest BCUT2D eigenvalue weighted by Crippen LogP contribution is -2.41. The fraction of sp³-hybridized carbons (Fsp3) is 0.611. The van der Waals surface area contributed by atoms with Gasteiger partial charge in [-0.3, -0.25) is 4.99 Å². The highest BCUT2D eigenvalue weighted by molar-refractivity contribution is 9.10. The molecule has 4 nitrogen and oxygen atoms in total. The van der Waals surface area contributed by atoms with Gasteiger partial charge in [-0.05, 0) is 49.9 Å². The molecular formula is C18H25BrClN3O. The molecule has 1 N–H and O–H groups in total. The Balaban J connectivity index is 1.62. The third kappa shape index (κ3) is 4.24. The summed E-state index contributed by atoms with van der Waals surface area (Å²) in [7, 11) is 0. The van der Waals surface area contributed by atoms with Gasteiger partial charge in [0.25, 0.3) is 0 Å². The van der Waals surface area contributed by atoms with Crippen molar-refractivity contribution in [2.24, 2.45) is 10.4 Å². The number of aliphatic imine (C=N–C) groups is 1. The first-order valence-electron chi connectivity index (χ1n) is 8.67. The van der Waals surface area contributed by atoms with Crippen LogP contribution in [0.4, 0.5) is 0 Å². The van der Waals surface area contributed by atoms with E-state index >= 15 is 0 Å². The first-order chi connectivity index (χ1) is 11.6. The number of benzene rings is 1. The molecule has 2 fully saturated rings. The van der Waals surface area contributed by atoms with E-state index in [0.29, 0.717) is 5.41 Å². The number of halogens is 2. The Hall–Kier alpha value is -0.780. The molecule has 0 amide bonds. The molecule has 0 bridgehead atoms. The van der Waals surface area contributed by atoms with Crippen LogP contribution < -0.4 is 5.32 Å². The Bertz CT molecular complexity index is 602. The second-order valence-electron chi connectivity index (χ2n) is 6.70. The molecule has 2 aliphatic rings. The highest BCUT2D eigenvalue weighted by atomic mass is 79.9. The van der Waals surface area contributed by atoms with Crippen molar-refractivity contribution in [2.75, 3.05) is 39.4 Å². The van der Waals surface area contributed by atoms with Crippen LogP contribution in [-0.4, -0.2) is 50.3 Å². The molecule has 1 aromatic carbocycles. The summed E-state index contributed by atoms with van der Waals surface area (Å²) in [6.07, 6.45) is 3.26. The van der Waals surface area contributed by atoms with Crippen LogP contribution in [0, 0.1) is 5.41 Å². The maximum Gasteiger partial charge on any atom is 0.193 e. The summed E-state index contributed by atoms with van der Waals surface area (Å²) in [4.78, 5) is 7.24. The van der Waals surface area contributed by atoms with E-state index in [1.807, 2.05) is 18.2 Å². The van der Waals surface area contributed by atoms with Gasteiger partial charge in [0.2, 0.25) is 0 Å². The number of likely N-dealkylation sites (tertiary alicyclic amines) is 1. The van der Waals surface area contributed by atoms with Crippen LogP contribution in [0.1, 0.15) is 25.3 Å². The van der Waals surface area contributed by atoms with Gasteiger partial charge in [-0.15, -0.1) is 0 Å². The smallest absolute Gasteiger partial charge is 0.193 e. The number of hydrogen-bond donors (Lipinski definition) is 1. The van der Waals surface area contributed by atoms with Crippen LogP contribution in [0.3, 0.4) is 0 Å². The molecule has 2 saturated heterocycles. The van der Waals surface area contributed by atoms with Crippen LogP contribution >= 0.6 is 27.5 Å².